The number of amides is 1. The Hall–Kier alpha value is -2.46. The Morgan fingerprint density at radius 2 is 1.89 bits per heavy atom. The zero-order valence-corrected chi connectivity index (χ0v) is 16.6. The molecule has 2 heterocycles. The second-order valence-corrected chi connectivity index (χ2v) is 10.4. The summed E-state index contributed by atoms with van der Waals surface area (Å²) in [6.07, 6.45) is 1.46. The molecule has 10 heteroatoms. The Morgan fingerprint density at radius 3 is 2.41 bits per heavy atom. The Balaban J connectivity index is 1.98. The van der Waals surface area contributed by atoms with Crippen molar-refractivity contribution < 1.29 is 21.6 Å². The van der Waals surface area contributed by atoms with Crippen molar-refractivity contribution in [3.63, 3.8) is 0 Å². The third-order valence-electron chi connectivity index (χ3n) is 4.17. The van der Waals surface area contributed by atoms with Gasteiger partial charge in [0.1, 0.15) is 5.82 Å². The van der Waals surface area contributed by atoms with Crippen LogP contribution in [0.3, 0.4) is 0 Å². The number of nitrogens with one attached hydrogen (secondary N) is 1. The quantitative estimate of drug-likeness (QED) is 0.825. The van der Waals surface area contributed by atoms with E-state index in [1.54, 1.807) is 26.0 Å². The Bertz CT molecular complexity index is 1110. The van der Waals surface area contributed by atoms with Crippen molar-refractivity contribution in [3.05, 3.63) is 48.2 Å². The first-order valence-electron chi connectivity index (χ1n) is 8.06. The summed E-state index contributed by atoms with van der Waals surface area (Å²) in [7, 11) is -7.72. The monoisotopic (exact) mass is 409 g/mol. The van der Waals surface area contributed by atoms with Gasteiger partial charge in [-0.2, -0.15) is 0 Å². The van der Waals surface area contributed by atoms with Crippen LogP contribution in [0.4, 0.5) is 11.5 Å². The number of nitrogens with zero attached hydrogens (tertiary/aromatic N) is 2. The number of anilines is 2. The van der Waals surface area contributed by atoms with Crippen LogP contribution in [0.25, 0.3) is 0 Å². The van der Waals surface area contributed by atoms with Crippen molar-refractivity contribution >= 4 is 37.5 Å². The summed E-state index contributed by atoms with van der Waals surface area (Å²) in [5.41, 5.74) is -0.596. The average molecular weight is 409 g/mol. The van der Waals surface area contributed by atoms with E-state index in [1.807, 2.05) is 0 Å². The summed E-state index contributed by atoms with van der Waals surface area (Å²) in [6, 6.07) is 8.79. The fourth-order valence-electron chi connectivity index (χ4n) is 2.94. The fourth-order valence-corrected chi connectivity index (χ4v) is 6.27. The standard InChI is InChI=1S/C17H19N3O5S2/c1-12-10-13(20-16(21)17(2,3)11-26(20,22)23)7-8-14(12)27(24,25)19-15-6-4-5-9-18-15/h4-10H,11H2,1-3H3,(H,18,19). The first-order valence-corrected chi connectivity index (χ1v) is 11.2. The molecule has 1 N–H and O–H groups in total. The van der Waals surface area contributed by atoms with E-state index in [0.29, 0.717) is 5.56 Å². The lowest BCUT2D eigenvalue weighted by molar-refractivity contribution is -0.123. The van der Waals surface area contributed by atoms with E-state index in [-0.39, 0.29) is 22.2 Å². The molecule has 8 nitrogen and oxygen atoms in total. The van der Waals surface area contributed by atoms with E-state index in [0.717, 1.165) is 4.31 Å². The van der Waals surface area contributed by atoms with Crippen molar-refractivity contribution in [1.82, 2.24) is 4.98 Å². The number of benzene rings is 1. The van der Waals surface area contributed by atoms with Crippen LogP contribution in [0.5, 0.6) is 0 Å². The first-order chi connectivity index (χ1) is 12.4. The second kappa shape index (κ2) is 6.31. The first kappa shape index (κ1) is 19.3. The van der Waals surface area contributed by atoms with Gasteiger partial charge in [0.2, 0.25) is 15.9 Å². The molecule has 0 unspecified atom stereocenters. The van der Waals surface area contributed by atoms with Gasteiger partial charge in [-0.15, -0.1) is 0 Å². The number of aromatic nitrogens is 1. The molecule has 0 bridgehead atoms. The number of rotatable bonds is 4. The van der Waals surface area contributed by atoms with Crippen LogP contribution in [0.1, 0.15) is 19.4 Å². The van der Waals surface area contributed by atoms with Gasteiger partial charge in [-0.1, -0.05) is 6.07 Å². The molecular weight excluding hydrogens is 390 g/mol. The number of pyridine rings is 1. The van der Waals surface area contributed by atoms with Gasteiger partial charge in [0.25, 0.3) is 10.0 Å². The topological polar surface area (TPSA) is 114 Å². The van der Waals surface area contributed by atoms with Crippen molar-refractivity contribution in [3.8, 4) is 0 Å². The molecule has 1 fully saturated rings. The molecule has 27 heavy (non-hydrogen) atoms. The van der Waals surface area contributed by atoms with Gasteiger partial charge in [-0.3, -0.25) is 9.52 Å². The second-order valence-electron chi connectivity index (χ2n) is 6.98. The minimum absolute atomic E-state index is 0.0276. The molecule has 1 aromatic heterocycles. The normalized spacial score (nSPS) is 18.5. The maximum Gasteiger partial charge on any atom is 0.263 e. The van der Waals surface area contributed by atoms with E-state index in [9.17, 15) is 21.6 Å². The van der Waals surface area contributed by atoms with E-state index in [4.69, 9.17) is 0 Å². The molecule has 0 aliphatic carbocycles. The van der Waals surface area contributed by atoms with Crippen LogP contribution < -0.4 is 9.03 Å². The minimum atomic E-state index is -3.91. The third-order valence-corrected chi connectivity index (χ3v) is 7.71. The molecule has 1 saturated heterocycles. The van der Waals surface area contributed by atoms with Crippen LogP contribution in [0, 0.1) is 12.3 Å². The van der Waals surface area contributed by atoms with Crippen LogP contribution in [-0.2, 0) is 24.8 Å². The van der Waals surface area contributed by atoms with Gasteiger partial charge in [0.15, 0.2) is 0 Å². The lowest BCUT2D eigenvalue weighted by atomic mass is 9.95. The van der Waals surface area contributed by atoms with Crippen LogP contribution in [0.2, 0.25) is 0 Å². The molecule has 1 amide bonds. The zero-order chi connectivity index (χ0) is 20.0. The average Bonchev–Trinajstić information content (AvgIpc) is 2.70. The van der Waals surface area contributed by atoms with Gasteiger partial charge < -0.3 is 0 Å². The van der Waals surface area contributed by atoms with Gasteiger partial charge in [0, 0.05) is 6.20 Å². The Labute approximate surface area is 158 Å². The third kappa shape index (κ3) is 3.54. The van der Waals surface area contributed by atoms with E-state index in [2.05, 4.69) is 9.71 Å². The summed E-state index contributed by atoms with van der Waals surface area (Å²) in [4.78, 5) is 16.4. The molecule has 144 valence electrons. The molecular formula is C17H19N3O5S2. The predicted molar refractivity (Wildman–Crippen MR) is 101 cm³/mol. The Kier molecular flexibility index (Phi) is 4.51. The number of hydrogen-bond acceptors (Lipinski definition) is 6. The smallest absolute Gasteiger partial charge is 0.263 e. The number of carbonyl (C=O) groups is 1. The SMILES string of the molecule is Cc1cc(N2C(=O)C(C)(C)CS2(=O)=O)ccc1S(=O)(=O)Nc1ccccn1. The van der Waals surface area contributed by atoms with Gasteiger partial charge in [0.05, 0.1) is 21.8 Å². The molecule has 0 spiro atoms. The number of hydrogen-bond donors (Lipinski definition) is 1. The predicted octanol–water partition coefficient (Wildman–Crippen LogP) is 1.89. The van der Waals surface area contributed by atoms with Crippen LogP contribution in [-0.4, -0.2) is 33.5 Å². The summed E-state index contributed by atoms with van der Waals surface area (Å²) < 4.78 is 53.1. The maximum absolute atomic E-state index is 12.6. The lowest BCUT2D eigenvalue weighted by Gasteiger charge is -2.19. The maximum atomic E-state index is 12.6. The lowest BCUT2D eigenvalue weighted by Crippen LogP contribution is -2.33. The number of aryl methyl sites for hydroxylation is 1. The van der Waals surface area contributed by atoms with E-state index >= 15 is 0 Å². The Morgan fingerprint density at radius 1 is 1.19 bits per heavy atom. The molecule has 0 saturated carbocycles. The molecule has 0 radical (unpaired) electrons. The fraction of sp³-hybridized carbons (Fsp3) is 0.294. The highest BCUT2D eigenvalue weighted by Crippen LogP contribution is 2.36. The molecule has 0 atom stereocenters. The van der Waals surface area contributed by atoms with Gasteiger partial charge in [-0.05, 0) is 56.7 Å². The van der Waals surface area contributed by atoms with Crippen LogP contribution in [0.15, 0.2) is 47.5 Å². The molecule has 1 aromatic carbocycles. The summed E-state index contributed by atoms with van der Waals surface area (Å²) in [5.74, 6) is -0.664. The highest BCUT2D eigenvalue weighted by molar-refractivity contribution is 7.94. The van der Waals surface area contributed by atoms with Crippen molar-refractivity contribution in [2.24, 2.45) is 5.41 Å². The molecule has 1 aliphatic heterocycles. The molecule has 2 aromatic rings. The van der Waals surface area contributed by atoms with Crippen molar-refractivity contribution in [2.45, 2.75) is 25.7 Å². The molecule has 1 aliphatic rings. The van der Waals surface area contributed by atoms with E-state index in [1.165, 1.54) is 37.4 Å². The van der Waals surface area contributed by atoms with Crippen molar-refractivity contribution in [1.29, 1.82) is 0 Å². The minimum Gasteiger partial charge on any atom is -0.273 e. The highest BCUT2D eigenvalue weighted by Gasteiger charge is 2.50. The largest absolute Gasteiger partial charge is 0.273 e. The molecule has 3 rings (SSSR count). The van der Waals surface area contributed by atoms with Crippen LogP contribution >= 0.6 is 0 Å². The summed E-state index contributed by atoms with van der Waals surface area (Å²) >= 11 is 0. The summed E-state index contributed by atoms with van der Waals surface area (Å²) in [5, 5.41) is 0. The summed E-state index contributed by atoms with van der Waals surface area (Å²) in [6.45, 7) is 4.67. The van der Waals surface area contributed by atoms with Gasteiger partial charge in [-0.25, -0.2) is 26.1 Å². The van der Waals surface area contributed by atoms with Gasteiger partial charge >= 0.3 is 0 Å². The highest BCUT2D eigenvalue weighted by atomic mass is 32.2. The van der Waals surface area contributed by atoms with E-state index < -0.39 is 31.4 Å². The number of sulfonamides is 2. The number of carbonyl (C=O) groups excluding carboxylic acids is 1. The zero-order valence-electron chi connectivity index (χ0n) is 15.0. The van der Waals surface area contributed by atoms with Crippen molar-refractivity contribution in [2.75, 3.05) is 14.8 Å².